The van der Waals surface area contributed by atoms with Gasteiger partial charge in [0.1, 0.15) is 0 Å². The van der Waals surface area contributed by atoms with Crippen LogP contribution in [0.2, 0.25) is 0 Å². The number of alkyl halides is 3. The molecule has 1 fully saturated rings. The number of nitrogens with one attached hydrogen (secondary N) is 1. The van der Waals surface area contributed by atoms with E-state index in [-0.39, 0.29) is 24.7 Å². The van der Waals surface area contributed by atoms with Crippen molar-refractivity contribution in [2.45, 2.75) is 25.4 Å². The standard InChI is InChI=1S/C11H17F3N2O3/c12-11(13,14)7-16-4-3-8(6-16)5-15-9(17)1-2-10(18)19/h8H,1-7H2,(H,15,17)(H,18,19). The van der Waals surface area contributed by atoms with Gasteiger partial charge in [-0.3, -0.25) is 14.5 Å². The maximum Gasteiger partial charge on any atom is 0.401 e. The minimum atomic E-state index is -4.19. The van der Waals surface area contributed by atoms with Gasteiger partial charge in [0, 0.05) is 19.5 Å². The van der Waals surface area contributed by atoms with Gasteiger partial charge < -0.3 is 10.4 Å². The summed E-state index contributed by atoms with van der Waals surface area (Å²) in [5.41, 5.74) is 0. The Morgan fingerprint density at radius 3 is 2.58 bits per heavy atom. The second-order valence-corrected chi connectivity index (χ2v) is 4.70. The molecular weight excluding hydrogens is 265 g/mol. The van der Waals surface area contributed by atoms with E-state index in [4.69, 9.17) is 5.11 Å². The summed E-state index contributed by atoms with van der Waals surface area (Å²) in [5, 5.41) is 10.9. The van der Waals surface area contributed by atoms with Gasteiger partial charge in [-0.2, -0.15) is 13.2 Å². The number of amides is 1. The van der Waals surface area contributed by atoms with Gasteiger partial charge in [0.25, 0.3) is 0 Å². The van der Waals surface area contributed by atoms with Crippen molar-refractivity contribution < 1.29 is 27.9 Å². The summed E-state index contributed by atoms with van der Waals surface area (Å²) >= 11 is 0. The molecule has 8 heteroatoms. The van der Waals surface area contributed by atoms with Crippen molar-refractivity contribution in [1.29, 1.82) is 0 Å². The van der Waals surface area contributed by atoms with Crippen molar-refractivity contribution in [3.8, 4) is 0 Å². The molecule has 0 aliphatic carbocycles. The highest BCUT2D eigenvalue weighted by atomic mass is 19.4. The highest BCUT2D eigenvalue weighted by Crippen LogP contribution is 2.22. The molecule has 0 aromatic heterocycles. The van der Waals surface area contributed by atoms with Gasteiger partial charge in [0.2, 0.25) is 5.91 Å². The van der Waals surface area contributed by atoms with Gasteiger partial charge in [-0.25, -0.2) is 0 Å². The Kier molecular flexibility index (Phi) is 5.59. The van der Waals surface area contributed by atoms with E-state index in [0.717, 1.165) is 0 Å². The number of halogens is 3. The van der Waals surface area contributed by atoms with E-state index in [2.05, 4.69) is 5.32 Å². The average Bonchev–Trinajstić information content (AvgIpc) is 2.68. The fourth-order valence-corrected chi connectivity index (χ4v) is 2.04. The topological polar surface area (TPSA) is 69.6 Å². The maximum absolute atomic E-state index is 12.2. The fraction of sp³-hybridized carbons (Fsp3) is 0.818. The lowest BCUT2D eigenvalue weighted by Crippen LogP contribution is -2.34. The first kappa shape index (κ1) is 15.7. The van der Waals surface area contributed by atoms with E-state index in [1.807, 2.05) is 0 Å². The summed E-state index contributed by atoms with van der Waals surface area (Å²) in [6.45, 7) is 0.0527. The molecule has 110 valence electrons. The number of carbonyl (C=O) groups is 2. The van der Waals surface area contributed by atoms with Gasteiger partial charge in [0.05, 0.1) is 13.0 Å². The van der Waals surface area contributed by atoms with Crippen LogP contribution < -0.4 is 5.32 Å². The number of carboxylic acids is 1. The van der Waals surface area contributed by atoms with E-state index in [9.17, 15) is 22.8 Å². The van der Waals surface area contributed by atoms with Gasteiger partial charge in [0.15, 0.2) is 0 Å². The molecule has 19 heavy (non-hydrogen) atoms. The number of hydrogen-bond donors (Lipinski definition) is 2. The maximum atomic E-state index is 12.2. The van der Waals surface area contributed by atoms with Gasteiger partial charge in [-0.15, -0.1) is 0 Å². The number of hydrogen-bond acceptors (Lipinski definition) is 3. The van der Waals surface area contributed by atoms with E-state index >= 15 is 0 Å². The first-order chi connectivity index (χ1) is 8.76. The number of likely N-dealkylation sites (tertiary alicyclic amines) is 1. The SMILES string of the molecule is O=C(O)CCC(=O)NCC1CCN(CC(F)(F)F)C1. The molecule has 1 amide bonds. The lowest BCUT2D eigenvalue weighted by atomic mass is 10.1. The van der Waals surface area contributed by atoms with Gasteiger partial charge >= 0.3 is 12.1 Å². The molecular formula is C11H17F3N2O3. The predicted molar refractivity (Wildman–Crippen MR) is 60.5 cm³/mol. The first-order valence-corrected chi connectivity index (χ1v) is 6.04. The lowest BCUT2D eigenvalue weighted by molar-refractivity contribution is -0.143. The zero-order valence-corrected chi connectivity index (χ0v) is 10.4. The van der Waals surface area contributed by atoms with Crippen LogP contribution in [0.15, 0.2) is 0 Å². The molecule has 0 spiro atoms. The van der Waals surface area contributed by atoms with Crippen LogP contribution in [0.5, 0.6) is 0 Å². The zero-order chi connectivity index (χ0) is 14.5. The number of nitrogens with zero attached hydrogens (tertiary/aromatic N) is 1. The molecule has 0 aromatic rings. The minimum absolute atomic E-state index is 0.00359. The van der Waals surface area contributed by atoms with Crippen LogP contribution in [0.1, 0.15) is 19.3 Å². The Morgan fingerprint density at radius 2 is 2.00 bits per heavy atom. The van der Waals surface area contributed by atoms with Crippen LogP contribution in [0.3, 0.4) is 0 Å². The van der Waals surface area contributed by atoms with E-state index in [1.165, 1.54) is 4.90 Å². The zero-order valence-electron chi connectivity index (χ0n) is 10.4. The lowest BCUT2D eigenvalue weighted by Gasteiger charge is -2.17. The van der Waals surface area contributed by atoms with E-state index < -0.39 is 18.7 Å². The molecule has 1 atom stereocenters. The fourth-order valence-electron chi connectivity index (χ4n) is 2.04. The van der Waals surface area contributed by atoms with Crippen molar-refractivity contribution in [3.63, 3.8) is 0 Å². The smallest absolute Gasteiger partial charge is 0.401 e. The third kappa shape index (κ3) is 7.00. The summed E-state index contributed by atoms with van der Waals surface area (Å²) in [4.78, 5) is 22.8. The van der Waals surface area contributed by atoms with Gasteiger partial charge in [-0.1, -0.05) is 0 Å². The Hall–Kier alpha value is -1.31. The largest absolute Gasteiger partial charge is 0.481 e. The van der Waals surface area contributed by atoms with Crippen molar-refractivity contribution in [1.82, 2.24) is 10.2 Å². The predicted octanol–water partition coefficient (Wildman–Crippen LogP) is 0.852. The number of rotatable bonds is 6. The normalized spacial score (nSPS) is 20.5. The first-order valence-electron chi connectivity index (χ1n) is 6.04. The number of carbonyl (C=O) groups excluding carboxylic acids is 1. The highest BCUT2D eigenvalue weighted by molar-refractivity contribution is 5.80. The molecule has 0 radical (unpaired) electrons. The minimum Gasteiger partial charge on any atom is -0.481 e. The molecule has 0 aromatic carbocycles. The van der Waals surface area contributed by atoms with E-state index in [1.54, 1.807) is 0 Å². The van der Waals surface area contributed by atoms with Crippen molar-refractivity contribution in [2.75, 3.05) is 26.2 Å². The quantitative estimate of drug-likeness (QED) is 0.758. The second-order valence-electron chi connectivity index (χ2n) is 4.70. The van der Waals surface area contributed by atoms with Crippen LogP contribution >= 0.6 is 0 Å². The van der Waals surface area contributed by atoms with Crippen molar-refractivity contribution in [3.05, 3.63) is 0 Å². The van der Waals surface area contributed by atoms with Crippen LogP contribution in [-0.2, 0) is 9.59 Å². The monoisotopic (exact) mass is 282 g/mol. The van der Waals surface area contributed by atoms with Crippen LogP contribution in [-0.4, -0.2) is 54.2 Å². The summed E-state index contributed by atoms with van der Waals surface area (Å²) in [6.07, 6.45) is -3.93. The van der Waals surface area contributed by atoms with E-state index in [0.29, 0.717) is 26.1 Å². The average molecular weight is 282 g/mol. The molecule has 2 N–H and O–H groups in total. The molecule has 0 bridgehead atoms. The van der Waals surface area contributed by atoms with Crippen LogP contribution in [0, 0.1) is 5.92 Å². The number of carboxylic acid groups (broad SMARTS) is 1. The Morgan fingerprint density at radius 1 is 1.32 bits per heavy atom. The molecule has 1 heterocycles. The molecule has 5 nitrogen and oxygen atoms in total. The van der Waals surface area contributed by atoms with Crippen molar-refractivity contribution >= 4 is 11.9 Å². The molecule has 1 aliphatic heterocycles. The molecule has 1 saturated heterocycles. The summed E-state index contributed by atoms with van der Waals surface area (Å²) in [5.74, 6) is -1.43. The molecule has 0 saturated carbocycles. The van der Waals surface area contributed by atoms with Crippen molar-refractivity contribution in [2.24, 2.45) is 5.92 Å². The Bertz CT molecular complexity index is 334. The molecule has 1 rings (SSSR count). The Balaban J connectivity index is 2.18. The summed E-state index contributed by atoms with van der Waals surface area (Å²) < 4.78 is 36.5. The Labute approximate surface area is 108 Å². The highest BCUT2D eigenvalue weighted by Gasteiger charge is 2.34. The second kappa shape index (κ2) is 6.74. The number of aliphatic carboxylic acids is 1. The molecule has 1 unspecified atom stereocenters. The third-order valence-corrected chi connectivity index (χ3v) is 2.93. The summed E-state index contributed by atoms with van der Waals surface area (Å²) in [7, 11) is 0. The van der Waals surface area contributed by atoms with Gasteiger partial charge in [-0.05, 0) is 18.9 Å². The third-order valence-electron chi connectivity index (χ3n) is 2.93. The molecule has 1 aliphatic rings. The van der Waals surface area contributed by atoms with Crippen LogP contribution in [0.25, 0.3) is 0 Å². The summed E-state index contributed by atoms with van der Waals surface area (Å²) in [6, 6.07) is 0. The van der Waals surface area contributed by atoms with Crippen LogP contribution in [0.4, 0.5) is 13.2 Å².